The first-order valence-corrected chi connectivity index (χ1v) is 14.2. The van der Waals surface area contributed by atoms with Crippen molar-refractivity contribution >= 4 is 23.6 Å². The van der Waals surface area contributed by atoms with Crippen LogP contribution < -0.4 is 10.6 Å². The molecule has 0 bridgehead atoms. The van der Waals surface area contributed by atoms with Gasteiger partial charge < -0.3 is 20.4 Å². The van der Waals surface area contributed by atoms with Crippen molar-refractivity contribution in [1.82, 2.24) is 20.4 Å². The fraction of sp³-hybridized carbons (Fsp3) is 0.857. The Bertz CT molecular complexity index is 736. The number of carbonyl (C=O) groups excluding carboxylic acids is 4. The standard InChI is InChI=1S/C28H50N4O4/c1-4-6-8-10-12-14-18-31(19-15-13-11-9-7-5-2)25(33)21-23-28(36)32-20-16-17-24(32)27(35)29-22(3)26(34)30-23/h22-24H,4-21H2,1-3H3,(H,29,35)(H,30,34)/t22-,23-,24-/m0/s1/i1D,2D. The normalized spacial score (nSPS) is 23.1. The number of unbranched alkanes of at least 4 members (excludes halogenated alkanes) is 10. The molecule has 8 heteroatoms. The topological polar surface area (TPSA) is 98.8 Å². The van der Waals surface area contributed by atoms with Gasteiger partial charge in [-0.25, -0.2) is 0 Å². The average Bonchev–Trinajstić information content (AvgIpc) is 3.40. The van der Waals surface area contributed by atoms with Crippen molar-refractivity contribution in [3.63, 3.8) is 0 Å². The Balaban J connectivity index is 1.99. The summed E-state index contributed by atoms with van der Waals surface area (Å²) >= 11 is 0. The number of hydrogen-bond acceptors (Lipinski definition) is 4. The Morgan fingerprint density at radius 2 is 1.47 bits per heavy atom. The van der Waals surface area contributed by atoms with Crippen LogP contribution in [0.25, 0.3) is 0 Å². The van der Waals surface area contributed by atoms with Gasteiger partial charge in [-0.2, -0.15) is 0 Å². The van der Waals surface area contributed by atoms with E-state index < -0.39 is 24.0 Å². The molecular weight excluding hydrogens is 456 g/mol. The van der Waals surface area contributed by atoms with E-state index in [0.717, 1.165) is 83.5 Å². The lowest BCUT2D eigenvalue weighted by Gasteiger charge is -2.29. The van der Waals surface area contributed by atoms with E-state index in [2.05, 4.69) is 10.6 Å². The largest absolute Gasteiger partial charge is 0.343 e. The Hall–Kier alpha value is -2.12. The fourth-order valence-corrected chi connectivity index (χ4v) is 5.06. The van der Waals surface area contributed by atoms with E-state index in [1.165, 1.54) is 4.90 Å². The first kappa shape index (κ1) is 26.9. The highest BCUT2D eigenvalue weighted by atomic mass is 16.2. The van der Waals surface area contributed by atoms with Gasteiger partial charge in [-0.1, -0.05) is 78.0 Å². The molecule has 2 heterocycles. The third-order valence-electron chi connectivity index (χ3n) is 7.29. The van der Waals surface area contributed by atoms with E-state index in [1.54, 1.807) is 6.92 Å². The molecule has 0 aliphatic carbocycles. The van der Waals surface area contributed by atoms with Gasteiger partial charge in [0, 0.05) is 22.4 Å². The number of fused-ring (bicyclic) bond motifs is 1. The Morgan fingerprint density at radius 3 is 2.08 bits per heavy atom. The predicted octanol–water partition coefficient (Wildman–Crippen LogP) is 3.92. The molecule has 0 aromatic carbocycles. The van der Waals surface area contributed by atoms with Crippen LogP contribution in [0.4, 0.5) is 0 Å². The Labute approximate surface area is 221 Å². The summed E-state index contributed by atoms with van der Waals surface area (Å²) < 4.78 is 14.5. The minimum atomic E-state index is -0.969. The third kappa shape index (κ3) is 9.74. The van der Waals surface area contributed by atoms with Crippen LogP contribution in [0.2, 0.25) is 0 Å². The van der Waals surface area contributed by atoms with Crippen molar-refractivity contribution in [1.29, 1.82) is 0 Å². The van der Waals surface area contributed by atoms with E-state index in [-0.39, 0.29) is 24.1 Å². The van der Waals surface area contributed by atoms with Crippen LogP contribution in [0.1, 0.15) is 120 Å². The van der Waals surface area contributed by atoms with Crippen LogP contribution in [-0.4, -0.2) is 71.2 Å². The van der Waals surface area contributed by atoms with E-state index in [0.29, 0.717) is 39.9 Å². The second-order valence-electron chi connectivity index (χ2n) is 10.3. The number of amides is 4. The van der Waals surface area contributed by atoms with Gasteiger partial charge in [-0.3, -0.25) is 19.2 Å². The van der Waals surface area contributed by atoms with Crippen LogP contribution in [0.15, 0.2) is 0 Å². The van der Waals surface area contributed by atoms with E-state index in [1.807, 2.05) is 4.90 Å². The molecule has 0 aromatic heterocycles. The molecule has 206 valence electrons. The summed E-state index contributed by atoms with van der Waals surface area (Å²) in [5.41, 5.74) is 0. The summed E-state index contributed by atoms with van der Waals surface area (Å²) in [5, 5.41) is 5.45. The SMILES string of the molecule is [2H]CCCCCCCCN(CCCCCCCC[2H])C(=O)C[C@@H]1NC(=O)[C@H](C)NC(=O)[C@@H]2CCCN2C1=O. The summed E-state index contributed by atoms with van der Waals surface area (Å²) in [6.07, 6.45) is 13.4. The number of nitrogens with zero attached hydrogens (tertiary/aromatic N) is 2. The molecular formula is C28H50N4O4. The van der Waals surface area contributed by atoms with Crippen LogP contribution in [0, 0.1) is 0 Å². The second kappa shape index (κ2) is 16.6. The molecule has 2 saturated heterocycles. The van der Waals surface area contributed by atoms with Gasteiger partial charge in [0.05, 0.1) is 6.42 Å². The maximum absolute atomic E-state index is 13.5. The monoisotopic (exact) mass is 508 g/mol. The predicted molar refractivity (Wildman–Crippen MR) is 142 cm³/mol. The van der Waals surface area contributed by atoms with Crippen molar-refractivity contribution in [3.05, 3.63) is 0 Å². The number of rotatable bonds is 16. The molecule has 36 heavy (non-hydrogen) atoms. The van der Waals surface area contributed by atoms with E-state index >= 15 is 0 Å². The lowest BCUT2D eigenvalue weighted by molar-refractivity contribution is -0.142. The minimum absolute atomic E-state index is 0.0955. The maximum atomic E-state index is 13.5. The van der Waals surface area contributed by atoms with Crippen molar-refractivity contribution in [2.45, 2.75) is 135 Å². The number of nitrogens with one attached hydrogen (secondary N) is 2. The van der Waals surface area contributed by atoms with Gasteiger partial charge in [-0.15, -0.1) is 0 Å². The van der Waals surface area contributed by atoms with Crippen molar-refractivity contribution in [3.8, 4) is 0 Å². The highest BCUT2D eigenvalue weighted by molar-refractivity contribution is 5.99. The zero-order valence-electron chi connectivity index (χ0n) is 24.4. The summed E-state index contributed by atoms with van der Waals surface area (Å²) in [6, 6.07) is -2.32. The summed E-state index contributed by atoms with van der Waals surface area (Å²) in [7, 11) is 0. The van der Waals surface area contributed by atoms with Crippen LogP contribution in [0.3, 0.4) is 0 Å². The first-order chi connectivity index (χ1) is 18.4. The van der Waals surface area contributed by atoms with Gasteiger partial charge in [-0.05, 0) is 32.6 Å². The highest BCUT2D eigenvalue weighted by Crippen LogP contribution is 2.21. The fourth-order valence-electron chi connectivity index (χ4n) is 5.06. The molecule has 0 spiro atoms. The number of carbonyl (C=O) groups is 4. The second-order valence-corrected chi connectivity index (χ2v) is 10.3. The number of hydrogen-bond donors (Lipinski definition) is 2. The molecule has 8 nitrogen and oxygen atoms in total. The zero-order valence-corrected chi connectivity index (χ0v) is 22.4. The molecule has 4 amide bonds. The van der Waals surface area contributed by atoms with Crippen LogP contribution >= 0.6 is 0 Å². The molecule has 0 aromatic rings. The van der Waals surface area contributed by atoms with E-state index in [4.69, 9.17) is 2.74 Å². The first-order valence-electron chi connectivity index (χ1n) is 15.6. The molecule has 2 aliphatic heterocycles. The molecule has 2 aliphatic rings. The molecule has 0 unspecified atom stereocenters. The molecule has 3 atom stereocenters. The highest BCUT2D eigenvalue weighted by Gasteiger charge is 2.41. The Kier molecular flexibility index (Phi) is 12.4. The summed E-state index contributed by atoms with van der Waals surface area (Å²) in [4.78, 5) is 55.6. The smallest absolute Gasteiger partial charge is 0.246 e. The minimum Gasteiger partial charge on any atom is -0.343 e. The summed E-state index contributed by atoms with van der Waals surface area (Å²) in [5.74, 6) is -1.23. The zero-order chi connectivity index (χ0) is 27.8. The lowest BCUT2D eigenvalue weighted by Crippen LogP contribution is -2.52. The van der Waals surface area contributed by atoms with E-state index in [9.17, 15) is 19.2 Å². The Morgan fingerprint density at radius 1 is 0.889 bits per heavy atom. The van der Waals surface area contributed by atoms with Gasteiger partial charge in [0.2, 0.25) is 23.6 Å². The molecule has 2 fully saturated rings. The van der Waals surface area contributed by atoms with Crippen molar-refractivity contribution < 1.29 is 21.9 Å². The quantitative estimate of drug-likeness (QED) is 0.309. The van der Waals surface area contributed by atoms with Crippen LogP contribution in [-0.2, 0) is 19.2 Å². The third-order valence-corrected chi connectivity index (χ3v) is 7.29. The summed E-state index contributed by atoms with van der Waals surface area (Å²) in [6.45, 7) is 4.27. The molecule has 0 radical (unpaired) electrons. The van der Waals surface area contributed by atoms with Gasteiger partial charge >= 0.3 is 0 Å². The van der Waals surface area contributed by atoms with Gasteiger partial charge in [0.1, 0.15) is 18.1 Å². The van der Waals surface area contributed by atoms with Crippen LogP contribution in [0.5, 0.6) is 0 Å². The van der Waals surface area contributed by atoms with Gasteiger partial charge in [0.15, 0.2) is 0 Å². The van der Waals surface area contributed by atoms with Crippen molar-refractivity contribution in [2.75, 3.05) is 19.6 Å². The average molecular weight is 509 g/mol. The molecule has 0 saturated carbocycles. The molecule has 2 N–H and O–H groups in total. The van der Waals surface area contributed by atoms with Crippen molar-refractivity contribution in [2.24, 2.45) is 0 Å². The maximum Gasteiger partial charge on any atom is 0.246 e. The lowest BCUT2D eigenvalue weighted by atomic mass is 10.1. The van der Waals surface area contributed by atoms with Gasteiger partial charge in [0.25, 0.3) is 0 Å². The molecule has 2 rings (SSSR count).